The van der Waals surface area contributed by atoms with Crippen molar-refractivity contribution in [1.29, 1.82) is 0 Å². The third kappa shape index (κ3) is 4.47. The van der Waals surface area contributed by atoms with Gasteiger partial charge in [0.05, 0.1) is 29.8 Å². The van der Waals surface area contributed by atoms with Gasteiger partial charge in [0.15, 0.2) is 12.2 Å². The van der Waals surface area contributed by atoms with Crippen LogP contribution in [0.5, 0.6) is 5.75 Å². The number of nitrogens with zero attached hydrogens (tertiary/aromatic N) is 7. The highest BCUT2D eigenvalue weighted by molar-refractivity contribution is 5.88. The molecule has 0 spiro atoms. The zero-order valence-corrected chi connectivity index (χ0v) is 19.2. The molecule has 4 aromatic heterocycles. The van der Waals surface area contributed by atoms with Gasteiger partial charge in [0.25, 0.3) is 0 Å². The molecule has 1 N–H and O–H groups in total. The number of nitrogens with one attached hydrogen (secondary N) is 1. The summed E-state index contributed by atoms with van der Waals surface area (Å²) in [6, 6.07) is 11.7. The summed E-state index contributed by atoms with van der Waals surface area (Å²) in [4.78, 5) is 21.6. The lowest BCUT2D eigenvalue weighted by molar-refractivity contribution is 0.302. The number of aryl methyl sites for hydroxylation is 1. The summed E-state index contributed by atoms with van der Waals surface area (Å²) in [5, 5.41) is 8.45. The average molecular weight is 477 g/mol. The maximum absolute atomic E-state index is 6.17. The Morgan fingerprint density at radius 1 is 0.972 bits per heavy atom. The summed E-state index contributed by atoms with van der Waals surface area (Å²) in [6.07, 6.45) is 13.6. The topological polar surface area (TPSA) is 117 Å². The Bertz CT molecular complexity index is 1630. The van der Waals surface area contributed by atoms with Crippen molar-refractivity contribution < 1.29 is 9.15 Å². The van der Waals surface area contributed by atoms with E-state index >= 15 is 0 Å². The van der Waals surface area contributed by atoms with Crippen LogP contribution in [0.15, 0.2) is 90.6 Å². The molecular weight excluding hydrogens is 456 g/mol. The highest BCUT2D eigenvalue weighted by Gasteiger charge is 2.13. The lowest BCUT2D eigenvalue weighted by Crippen LogP contribution is -2.01. The number of rotatable bonds is 7. The predicted octanol–water partition coefficient (Wildman–Crippen LogP) is 4.80. The number of hydrogen-bond acceptors (Lipinski definition) is 9. The molecule has 0 unspecified atom stereocenters. The zero-order valence-electron chi connectivity index (χ0n) is 19.2. The van der Waals surface area contributed by atoms with Crippen LogP contribution >= 0.6 is 0 Å². The van der Waals surface area contributed by atoms with Gasteiger partial charge in [-0.3, -0.25) is 14.6 Å². The quantitative estimate of drug-likeness (QED) is 0.347. The Morgan fingerprint density at radius 3 is 2.75 bits per heavy atom. The molecular formula is C26H20N8O2. The zero-order chi connectivity index (χ0) is 24.3. The van der Waals surface area contributed by atoms with Crippen LogP contribution in [-0.2, 0) is 13.7 Å². The Balaban J connectivity index is 1.34. The van der Waals surface area contributed by atoms with Crippen molar-refractivity contribution in [2.24, 2.45) is 7.05 Å². The van der Waals surface area contributed by atoms with E-state index in [1.54, 1.807) is 41.9 Å². The van der Waals surface area contributed by atoms with Gasteiger partial charge >= 0.3 is 0 Å². The first-order valence-electron chi connectivity index (χ1n) is 11.1. The molecule has 10 nitrogen and oxygen atoms in total. The van der Waals surface area contributed by atoms with Crippen molar-refractivity contribution in [2.45, 2.75) is 6.61 Å². The van der Waals surface area contributed by atoms with Gasteiger partial charge in [-0.25, -0.2) is 15.0 Å². The molecule has 0 fully saturated rings. The number of fused-ring (bicyclic) bond motifs is 1. The fourth-order valence-electron chi connectivity index (χ4n) is 3.82. The first kappa shape index (κ1) is 21.4. The van der Waals surface area contributed by atoms with Crippen molar-refractivity contribution in [1.82, 2.24) is 34.7 Å². The van der Waals surface area contributed by atoms with Crippen LogP contribution in [0.4, 0.5) is 11.6 Å². The monoisotopic (exact) mass is 476 g/mol. The largest absolute Gasteiger partial charge is 0.487 e. The van der Waals surface area contributed by atoms with E-state index in [0.29, 0.717) is 17.5 Å². The molecule has 2 aromatic carbocycles. The third-order valence-corrected chi connectivity index (χ3v) is 5.52. The SMILES string of the molecule is Cn1cc(-c2cc3cnc(Nc4cccc(-c5cnco5)c4)nc3cc2OCc2cnccn2)cn1. The summed E-state index contributed by atoms with van der Waals surface area (Å²) in [5.41, 5.74) is 5.02. The summed E-state index contributed by atoms with van der Waals surface area (Å²) in [6.45, 7) is 0.275. The number of anilines is 2. The summed E-state index contributed by atoms with van der Waals surface area (Å²) in [7, 11) is 1.88. The van der Waals surface area contributed by atoms with E-state index in [9.17, 15) is 0 Å². The van der Waals surface area contributed by atoms with Gasteiger partial charge in [0.2, 0.25) is 5.95 Å². The van der Waals surface area contributed by atoms with Crippen LogP contribution < -0.4 is 10.1 Å². The standard InChI is InChI=1S/C26H20N8O2/c1-34-14-19(11-31-34)22-8-18-10-30-26(32-20-4-2-3-17(7-20)25-13-28-16-36-25)33-23(18)9-24(22)35-15-21-12-27-5-6-29-21/h2-14,16H,15H2,1H3,(H,30,32,33). The van der Waals surface area contributed by atoms with Gasteiger partial charge in [0, 0.05) is 65.7 Å². The second-order valence-electron chi connectivity index (χ2n) is 8.06. The Labute approximate surface area is 205 Å². The molecule has 0 amide bonds. The van der Waals surface area contributed by atoms with Crippen molar-refractivity contribution in [3.05, 3.63) is 91.9 Å². The van der Waals surface area contributed by atoms with E-state index < -0.39 is 0 Å². The summed E-state index contributed by atoms with van der Waals surface area (Å²) < 4.78 is 13.3. The minimum atomic E-state index is 0.275. The highest BCUT2D eigenvalue weighted by atomic mass is 16.5. The van der Waals surface area contributed by atoms with E-state index in [1.165, 1.54) is 6.39 Å². The fraction of sp³-hybridized carbons (Fsp3) is 0.0769. The molecule has 6 rings (SSSR count). The van der Waals surface area contributed by atoms with E-state index in [2.05, 4.69) is 30.4 Å². The van der Waals surface area contributed by atoms with Crippen LogP contribution in [0.2, 0.25) is 0 Å². The second-order valence-corrected chi connectivity index (χ2v) is 8.06. The van der Waals surface area contributed by atoms with Crippen molar-refractivity contribution in [3.63, 3.8) is 0 Å². The van der Waals surface area contributed by atoms with Gasteiger partial charge in [-0.05, 0) is 18.2 Å². The number of oxazole rings is 1. The number of ether oxygens (including phenoxy) is 1. The molecule has 6 aromatic rings. The van der Waals surface area contributed by atoms with Gasteiger partial charge in [-0.15, -0.1) is 0 Å². The molecule has 10 heteroatoms. The minimum Gasteiger partial charge on any atom is -0.487 e. The van der Waals surface area contributed by atoms with E-state index in [-0.39, 0.29) is 6.61 Å². The smallest absolute Gasteiger partial charge is 0.227 e. The molecule has 36 heavy (non-hydrogen) atoms. The first-order valence-corrected chi connectivity index (χ1v) is 11.1. The number of hydrogen-bond donors (Lipinski definition) is 1. The van der Waals surface area contributed by atoms with Crippen LogP contribution in [-0.4, -0.2) is 34.7 Å². The molecule has 0 saturated heterocycles. The van der Waals surface area contributed by atoms with Crippen LogP contribution in [0, 0.1) is 0 Å². The van der Waals surface area contributed by atoms with Gasteiger partial charge in [-0.1, -0.05) is 12.1 Å². The normalized spacial score (nSPS) is 11.0. The van der Waals surface area contributed by atoms with Crippen LogP contribution in [0.1, 0.15) is 5.69 Å². The van der Waals surface area contributed by atoms with E-state index in [0.717, 1.165) is 39.0 Å². The molecule has 0 bridgehead atoms. The summed E-state index contributed by atoms with van der Waals surface area (Å²) in [5.74, 6) is 1.82. The molecule has 0 saturated carbocycles. The molecule has 4 heterocycles. The first-order chi connectivity index (χ1) is 17.7. The van der Waals surface area contributed by atoms with Gasteiger partial charge in [0.1, 0.15) is 12.4 Å². The van der Waals surface area contributed by atoms with E-state index in [4.69, 9.17) is 14.1 Å². The fourth-order valence-corrected chi connectivity index (χ4v) is 3.82. The van der Waals surface area contributed by atoms with Gasteiger partial charge in [-0.2, -0.15) is 5.10 Å². The molecule has 0 radical (unpaired) electrons. The summed E-state index contributed by atoms with van der Waals surface area (Å²) >= 11 is 0. The third-order valence-electron chi connectivity index (χ3n) is 5.52. The minimum absolute atomic E-state index is 0.275. The highest BCUT2D eigenvalue weighted by Crippen LogP contribution is 2.34. The number of benzene rings is 2. The van der Waals surface area contributed by atoms with Crippen molar-refractivity contribution in [2.75, 3.05) is 5.32 Å². The Hall–Kier alpha value is -5.12. The molecule has 0 aliphatic rings. The van der Waals surface area contributed by atoms with Crippen LogP contribution in [0.3, 0.4) is 0 Å². The number of aromatic nitrogens is 7. The molecule has 176 valence electrons. The second kappa shape index (κ2) is 9.26. The van der Waals surface area contributed by atoms with Crippen LogP contribution in [0.25, 0.3) is 33.4 Å². The molecule has 0 aliphatic carbocycles. The maximum Gasteiger partial charge on any atom is 0.227 e. The maximum atomic E-state index is 6.17. The molecule has 0 atom stereocenters. The predicted molar refractivity (Wildman–Crippen MR) is 133 cm³/mol. The average Bonchev–Trinajstić information content (AvgIpc) is 3.60. The van der Waals surface area contributed by atoms with Crippen molar-refractivity contribution in [3.8, 4) is 28.2 Å². The lowest BCUT2D eigenvalue weighted by Gasteiger charge is -2.13. The molecule has 0 aliphatic heterocycles. The lowest BCUT2D eigenvalue weighted by atomic mass is 10.1. The van der Waals surface area contributed by atoms with Crippen molar-refractivity contribution >= 4 is 22.5 Å². The van der Waals surface area contributed by atoms with E-state index in [1.807, 2.05) is 49.6 Å². The Kier molecular flexibility index (Phi) is 5.51. The van der Waals surface area contributed by atoms with Gasteiger partial charge < -0.3 is 14.5 Å². The Morgan fingerprint density at radius 2 is 1.94 bits per heavy atom.